The van der Waals surface area contributed by atoms with Crippen LogP contribution in [0.25, 0.3) is 0 Å². The van der Waals surface area contributed by atoms with Crippen LogP contribution in [0.1, 0.15) is 25.7 Å². The summed E-state index contributed by atoms with van der Waals surface area (Å²) in [5.74, 6) is 0. The largest absolute Gasteiger partial charge is 0.393 e. The summed E-state index contributed by atoms with van der Waals surface area (Å²) >= 11 is 0. The van der Waals surface area contributed by atoms with Crippen LogP contribution in [0.5, 0.6) is 0 Å². The van der Waals surface area contributed by atoms with E-state index in [0.29, 0.717) is 12.8 Å². The van der Waals surface area contributed by atoms with E-state index in [-0.39, 0.29) is 12.6 Å². The molecule has 0 bridgehead atoms. The van der Waals surface area contributed by atoms with E-state index in [9.17, 15) is 5.11 Å². The highest BCUT2D eigenvalue weighted by molar-refractivity contribution is 4.85. The Hall–Kier alpha value is -0.120. The molecule has 60 valence electrons. The Balaban J connectivity index is 2.38. The Morgan fingerprint density at radius 3 is 2.30 bits per heavy atom. The van der Waals surface area contributed by atoms with Crippen molar-refractivity contribution < 1.29 is 10.2 Å². The zero-order chi connectivity index (χ0) is 7.61. The molecule has 3 heteroatoms. The summed E-state index contributed by atoms with van der Waals surface area (Å²) in [5.41, 5.74) is 4.79. The van der Waals surface area contributed by atoms with Crippen LogP contribution in [-0.2, 0) is 0 Å². The number of hydrogen-bond acceptors (Lipinski definition) is 3. The van der Waals surface area contributed by atoms with E-state index in [2.05, 4.69) is 0 Å². The van der Waals surface area contributed by atoms with Gasteiger partial charge in [0.25, 0.3) is 0 Å². The number of aliphatic hydroxyl groups excluding tert-OH is 1. The van der Waals surface area contributed by atoms with Crippen LogP contribution in [0.4, 0.5) is 0 Å². The maximum atomic E-state index is 9.49. The molecule has 1 rings (SSSR count). The number of hydrogen-bond donors (Lipinski definition) is 3. The highest BCUT2D eigenvalue weighted by Gasteiger charge is 2.30. The molecular weight excluding hydrogens is 130 g/mol. The standard InChI is InChI=1S/C7H15NO2/c8-6-1-3-7(10,5-9)4-2-6/h6,9-10H,1-5,8H2/t6-,7-. The second-order valence-electron chi connectivity index (χ2n) is 3.22. The van der Waals surface area contributed by atoms with Gasteiger partial charge in [-0.1, -0.05) is 0 Å². The molecule has 0 unspecified atom stereocenters. The van der Waals surface area contributed by atoms with Crippen LogP contribution in [-0.4, -0.2) is 28.5 Å². The first-order valence-corrected chi connectivity index (χ1v) is 3.75. The molecule has 0 saturated heterocycles. The summed E-state index contributed by atoms with van der Waals surface area (Å²) in [4.78, 5) is 0. The summed E-state index contributed by atoms with van der Waals surface area (Å²) in [7, 11) is 0. The summed E-state index contributed by atoms with van der Waals surface area (Å²) in [6, 6.07) is 0.229. The van der Waals surface area contributed by atoms with E-state index in [1.807, 2.05) is 0 Å². The van der Waals surface area contributed by atoms with Gasteiger partial charge in [-0.15, -0.1) is 0 Å². The molecule has 0 heterocycles. The molecule has 0 aromatic carbocycles. The van der Waals surface area contributed by atoms with Gasteiger partial charge < -0.3 is 15.9 Å². The molecule has 4 N–H and O–H groups in total. The summed E-state index contributed by atoms with van der Waals surface area (Å²) in [6.45, 7) is -0.125. The van der Waals surface area contributed by atoms with Crippen molar-refractivity contribution in [3.63, 3.8) is 0 Å². The second kappa shape index (κ2) is 2.86. The second-order valence-corrected chi connectivity index (χ2v) is 3.22. The van der Waals surface area contributed by atoms with Gasteiger partial charge in [-0.05, 0) is 25.7 Å². The molecule has 0 spiro atoms. The fraction of sp³-hybridized carbons (Fsp3) is 1.00. The Morgan fingerprint density at radius 1 is 1.40 bits per heavy atom. The average Bonchev–Trinajstić information content (AvgIpc) is 1.96. The molecule has 1 fully saturated rings. The highest BCUT2D eigenvalue weighted by Crippen LogP contribution is 2.26. The highest BCUT2D eigenvalue weighted by atomic mass is 16.3. The molecule has 0 aromatic heterocycles. The van der Waals surface area contributed by atoms with Crippen LogP contribution in [0.15, 0.2) is 0 Å². The summed E-state index contributed by atoms with van der Waals surface area (Å²) < 4.78 is 0. The Kier molecular flexibility index (Phi) is 2.28. The topological polar surface area (TPSA) is 66.5 Å². The van der Waals surface area contributed by atoms with E-state index >= 15 is 0 Å². The van der Waals surface area contributed by atoms with Crippen molar-refractivity contribution in [2.75, 3.05) is 6.61 Å². The molecule has 10 heavy (non-hydrogen) atoms. The first-order chi connectivity index (χ1) is 4.66. The molecular formula is C7H15NO2. The number of rotatable bonds is 1. The van der Waals surface area contributed by atoms with Crippen LogP contribution < -0.4 is 5.73 Å². The third-order valence-corrected chi connectivity index (χ3v) is 2.26. The maximum absolute atomic E-state index is 9.49. The zero-order valence-electron chi connectivity index (χ0n) is 6.08. The lowest BCUT2D eigenvalue weighted by atomic mass is 9.83. The van der Waals surface area contributed by atoms with Crippen molar-refractivity contribution in [3.8, 4) is 0 Å². The van der Waals surface area contributed by atoms with Crippen molar-refractivity contribution in [1.82, 2.24) is 0 Å². The van der Waals surface area contributed by atoms with Crippen LogP contribution >= 0.6 is 0 Å². The fourth-order valence-electron chi connectivity index (χ4n) is 1.34. The van der Waals surface area contributed by atoms with Crippen molar-refractivity contribution in [2.24, 2.45) is 5.73 Å². The minimum atomic E-state index is -0.824. The van der Waals surface area contributed by atoms with Gasteiger partial charge in [-0.2, -0.15) is 0 Å². The Labute approximate surface area is 60.9 Å². The minimum Gasteiger partial charge on any atom is -0.393 e. The molecule has 1 saturated carbocycles. The number of nitrogens with two attached hydrogens (primary N) is 1. The third-order valence-electron chi connectivity index (χ3n) is 2.26. The first kappa shape index (κ1) is 7.98. The maximum Gasteiger partial charge on any atom is 0.0878 e. The van der Waals surface area contributed by atoms with Gasteiger partial charge in [0.15, 0.2) is 0 Å². The molecule has 0 aromatic rings. The SMILES string of the molecule is N[C@H]1CC[C@@](O)(CO)CC1. The van der Waals surface area contributed by atoms with E-state index in [4.69, 9.17) is 10.8 Å². The fourth-order valence-corrected chi connectivity index (χ4v) is 1.34. The predicted molar refractivity (Wildman–Crippen MR) is 38.5 cm³/mol. The van der Waals surface area contributed by atoms with Crippen molar-refractivity contribution >= 4 is 0 Å². The Bertz CT molecular complexity index is 108. The monoisotopic (exact) mass is 145 g/mol. The van der Waals surface area contributed by atoms with Gasteiger partial charge in [-0.3, -0.25) is 0 Å². The molecule has 0 aliphatic heterocycles. The molecule has 1 aliphatic rings. The molecule has 0 radical (unpaired) electrons. The summed E-state index contributed by atoms with van der Waals surface area (Å²) in [5, 5.41) is 18.2. The molecule has 0 amide bonds. The predicted octanol–water partition coefficient (Wildman–Crippen LogP) is -0.389. The average molecular weight is 145 g/mol. The van der Waals surface area contributed by atoms with E-state index < -0.39 is 5.60 Å². The van der Waals surface area contributed by atoms with E-state index in [1.165, 1.54) is 0 Å². The molecule has 1 aliphatic carbocycles. The van der Waals surface area contributed by atoms with Gasteiger partial charge in [0, 0.05) is 6.04 Å². The van der Waals surface area contributed by atoms with Gasteiger partial charge in [0.05, 0.1) is 12.2 Å². The van der Waals surface area contributed by atoms with Crippen LogP contribution in [0, 0.1) is 0 Å². The van der Waals surface area contributed by atoms with E-state index in [1.54, 1.807) is 0 Å². The van der Waals surface area contributed by atoms with Crippen LogP contribution in [0.3, 0.4) is 0 Å². The van der Waals surface area contributed by atoms with Crippen LogP contribution in [0.2, 0.25) is 0 Å². The normalized spacial score (nSPS) is 41.7. The van der Waals surface area contributed by atoms with Crippen molar-refractivity contribution in [2.45, 2.75) is 37.3 Å². The minimum absolute atomic E-state index is 0.125. The lowest BCUT2D eigenvalue weighted by Gasteiger charge is -2.32. The summed E-state index contributed by atoms with van der Waals surface area (Å²) in [6.07, 6.45) is 2.95. The van der Waals surface area contributed by atoms with Crippen molar-refractivity contribution in [3.05, 3.63) is 0 Å². The number of aliphatic hydroxyl groups is 2. The lowest BCUT2D eigenvalue weighted by Crippen LogP contribution is -2.41. The van der Waals surface area contributed by atoms with Gasteiger partial charge >= 0.3 is 0 Å². The first-order valence-electron chi connectivity index (χ1n) is 3.75. The molecule has 3 nitrogen and oxygen atoms in total. The quantitative estimate of drug-likeness (QED) is 0.471. The lowest BCUT2D eigenvalue weighted by molar-refractivity contribution is -0.0450. The van der Waals surface area contributed by atoms with Gasteiger partial charge in [0.2, 0.25) is 0 Å². The zero-order valence-corrected chi connectivity index (χ0v) is 6.08. The van der Waals surface area contributed by atoms with Crippen molar-refractivity contribution in [1.29, 1.82) is 0 Å². The third kappa shape index (κ3) is 1.68. The molecule has 0 atom stereocenters. The van der Waals surface area contributed by atoms with E-state index in [0.717, 1.165) is 12.8 Å². The van der Waals surface area contributed by atoms with Gasteiger partial charge in [-0.25, -0.2) is 0 Å². The Morgan fingerprint density at radius 2 is 1.90 bits per heavy atom. The smallest absolute Gasteiger partial charge is 0.0878 e. The van der Waals surface area contributed by atoms with Gasteiger partial charge in [0.1, 0.15) is 0 Å².